The van der Waals surface area contributed by atoms with Gasteiger partial charge in [-0.15, -0.1) is 0 Å². The van der Waals surface area contributed by atoms with Gasteiger partial charge in [-0.25, -0.2) is 0 Å². The summed E-state index contributed by atoms with van der Waals surface area (Å²) in [4.78, 5) is 2.28. The van der Waals surface area contributed by atoms with Gasteiger partial charge in [-0.3, -0.25) is 0 Å². The average molecular weight is 674 g/mol. The van der Waals surface area contributed by atoms with Crippen LogP contribution in [-0.4, -0.2) is 76.6 Å². The average Bonchev–Trinajstić information content (AvgIpc) is 3.16. The van der Waals surface area contributed by atoms with Crippen LogP contribution >= 0.6 is 0 Å². The summed E-state index contributed by atoms with van der Waals surface area (Å²) in [6.07, 6.45) is 1.74. The van der Waals surface area contributed by atoms with E-state index in [1.165, 1.54) is 16.7 Å². The van der Waals surface area contributed by atoms with Crippen molar-refractivity contribution >= 4 is 22.3 Å². The van der Waals surface area contributed by atoms with Crippen LogP contribution in [0.1, 0.15) is 87.3 Å². The van der Waals surface area contributed by atoms with Crippen LogP contribution in [0.4, 0.5) is 22.0 Å². The zero-order valence-corrected chi connectivity index (χ0v) is 27.5. The highest BCUT2D eigenvalue weighted by molar-refractivity contribution is 7.91. The number of benzene rings is 2. The molecule has 1 aliphatic carbocycles. The van der Waals surface area contributed by atoms with Crippen LogP contribution in [0, 0.1) is 0 Å². The molecule has 0 saturated heterocycles. The summed E-state index contributed by atoms with van der Waals surface area (Å²) in [5.41, 5.74) is 5.87. The molecule has 0 aromatic heterocycles. The van der Waals surface area contributed by atoms with E-state index in [0.717, 1.165) is 82.0 Å². The molecule has 1 atom stereocenters. The summed E-state index contributed by atoms with van der Waals surface area (Å²) in [5.74, 6) is -4.12. The van der Waals surface area contributed by atoms with E-state index in [4.69, 9.17) is 4.74 Å². The number of allylic oxidation sites excluding steroid dienone is 2. The summed E-state index contributed by atoms with van der Waals surface area (Å²) < 4.78 is 80.7. The first kappa shape index (κ1) is 38.1. The molecule has 0 amide bonds. The van der Waals surface area contributed by atoms with Gasteiger partial charge < -0.3 is 24.4 Å². The van der Waals surface area contributed by atoms with Gasteiger partial charge in [0.1, 0.15) is 23.0 Å². The molecular weight excluding hydrogens is 625 g/mol. The lowest BCUT2D eigenvalue weighted by molar-refractivity contribution is -0.284. The fraction of sp³-hybridized carbons (Fsp3) is 0.600. The number of methoxy groups -OCH3 is 1. The Morgan fingerprint density at radius 1 is 0.826 bits per heavy atom. The van der Waals surface area contributed by atoms with Crippen molar-refractivity contribution in [1.29, 1.82) is 0 Å². The van der Waals surface area contributed by atoms with Gasteiger partial charge in [-0.1, -0.05) is 42.2 Å². The summed E-state index contributed by atoms with van der Waals surface area (Å²) in [6, 6.07) is 13.0. The van der Waals surface area contributed by atoms with Crippen molar-refractivity contribution in [1.82, 2.24) is 4.90 Å². The van der Waals surface area contributed by atoms with Gasteiger partial charge in [0, 0.05) is 39.6 Å². The van der Waals surface area contributed by atoms with Gasteiger partial charge in [-0.05, 0) is 110 Å². The van der Waals surface area contributed by atoms with Gasteiger partial charge in [-0.2, -0.15) is 22.0 Å². The first-order valence-corrected chi connectivity index (χ1v) is 17.7. The Labute approximate surface area is 273 Å². The number of ether oxygens (including phenoxy) is 1. The van der Waals surface area contributed by atoms with Crippen LogP contribution in [0.3, 0.4) is 0 Å². The van der Waals surface area contributed by atoms with E-state index in [9.17, 15) is 36.7 Å². The lowest BCUT2D eigenvalue weighted by atomic mass is 9.89. The van der Waals surface area contributed by atoms with Crippen molar-refractivity contribution in [3.8, 4) is 11.5 Å². The number of nitrogens with zero attached hydrogens (tertiary/aromatic N) is 1. The summed E-state index contributed by atoms with van der Waals surface area (Å²) in [6.45, 7) is 2.96. The first-order valence-electron chi connectivity index (χ1n) is 16.3. The molecule has 3 rings (SSSR count). The molecule has 0 aliphatic heterocycles. The maximum absolute atomic E-state index is 13.1. The molecule has 1 aliphatic rings. The quantitative estimate of drug-likeness (QED) is 0.0836. The third-order valence-electron chi connectivity index (χ3n) is 8.44. The second-order valence-corrected chi connectivity index (χ2v) is 13.8. The molecular formula is C35H48F5NO4S. The van der Waals surface area contributed by atoms with Gasteiger partial charge in [0.2, 0.25) is 0 Å². The van der Waals surface area contributed by atoms with E-state index in [0.29, 0.717) is 19.6 Å². The van der Waals surface area contributed by atoms with Crippen molar-refractivity contribution in [3.05, 3.63) is 59.2 Å². The molecule has 0 spiro atoms. The van der Waals surface area contributed by atoms with Gasteiger partial charge in [0.15, 0.2) is 0 Å². The van der Waals surface area contributed by atoms with Gasteiger partial charge >= 0.3 is 12.1 Å². The van der Waals surface area contributed by atoms with E-state index >= 15 is 0 Å². The minimum absolute atomic E-state index is 0.162. The Balaban J connectivity index is 1.48. The van der Waals surface area contributed by atoms with E-state index in [1.54, 1.807) is 19.2 Å². The first-order chi connectivity index (χ1) is 21.9. The molecule has 0 saturated carbocycles. The van der Waals surface area contributed by atoms with E-state index < -0.39 is 36.1 Å². The molecule has 2 aromatic carbocycles. The highest BCUT2D eigenvalue weighted by atomic mass is 32.2. The number of phenols is 2. The smallest absolute Gasteiger partial charge is 0.453 e. The Bertz CT molecular complexity index is 1240. The Kier molecular flexibility index (Phi) is 15.6. The fourth-order valence-corrected chi connectivity index (χ4v) is 7.18. The van der Waals surface area contributed by atoms with Gasteiger partial charge in [0.25, 0.3) is 0 Å². The molecule has 46 heavy (non-hydrogen) atoms. The van der Waals surface area contributed by atoms with E-state index in [2.05, 4.69) is 4.90 Å². The van der Waals surface area contributed by atoms with Crippen LogP contribution in [0.15, 0.2) is 42.5 Å². The number of hydrogen-bond acceptors (Lipinski definition) is 5. The summed E-state index contributed by atoms with van der Waals surface area (Å²) >= 11 is -1.44. The number of alkyl halides is 5. The van der Waals surface area contributed by atoms with Crippen molar-refractivity contribution in [3.63, 3.8) is 0 Å². The maximum Gasteiger partial charge on any atom is 0.453 e. The second kappa shape index (κ2) is 18.9. The third-order valence-corrected chi connectivity index (χ3v) is 9.93. The third kappa shape index (κ3) is 12.4. The Morgan fingerprint density at radius 2 is 1.52 bits per heavy atom. The van der Waals surface area contributed by atoms with Crippen molar-refractivity contribution in [2.24, 2.45) is 0 Å². The topological polar surface area (TPSA) is 76.0 Å². The van der Waals surface area contributed by atoms with Crippen LogP contribution in [0.2, 0.25) is 0 Å². The predicted molar refractivity (Wildman–Crippen MR) is 175 cm³/mol. The number of halogens is 5. The van der Waals surface area contributed by atoms with Crippen LogP contribution in [0.25, 0.3) is 11.1 Å². The number of fused-ring (bicyclic) bond motifs is 1. The lowest BCUT2D eigenvalue weighted by Gasteiger charge is -2.23. The molecule has 2 N–H and O–H groups in total. The maximum atomic E-state index is 13.1. The lowest BCUT2D eigenvalue weighted by Crippen LogP contribution is -2.36. The Morgan fingerprint density at radius 3 is 2.26 bits per heavy atom. The number of unbranched alkanes of at least 4 members (excludes halogenated alkanes) is 3. The number of phenolic OH excluding ortho intramolecular Hbond substituents is 2. The summed E-state index contributed by atoms with van der Waals surface area (Å²) in [7, 11) is 1.65. The van der Waals surface area contributed by atoms with Crippen LogP contribution in [-0.2, 0) is 22.3 Å². The molecule has 5 nitrogen and oxygen atoms in total. The second-order valence-electron chi connectivity index (χ2n) is 12.1. The van der Waals surface area contributed by atoms with E-state index in [-0.39, 0.29) is 23.0 Å². The molecule has 0 heterocycles. The molecule has 2 aromatic rings. The predicted octanol–water partition coefficient (Wildman–Crippen LogP) is 8.75. The molecule has 0 bridgehead atoms. The van der Waals surface area contributed by atoms with Crippen molar-refractivity contribution in [2.45, 2.75) is 89.1 Å². The largest absolute Gasteiger partial charge is 0.616 e. The minimum atomic E-state index is -5.57. The molecule has 0 radical (unpaired) electrons. The number of rotatable bonds is 20. The minimum Gasteiger partial charge on any atom is -0.616 e. The van der Waals surface area contributed by atoms with E-state index in [1.807, 2.05) is 30.3 Å². The number of hydrogen-bond donors (Lipinski definition) is 2. The van der Waals surface area contributed by atoms with Crippen molar-refractivity contribution in [2.75, 3.05) is 44.9 Å². The van der Waals surface area contributed by atoms with Crippen molar-refractivity contribution < 1.29 is 41.5 Å². The summed E-state index contributed by atoms with van der Waals surface area (Å²) in [5, 5.41) is 20.2. The highest BCUT2D eigenvalue weighted by Crippen LogP contribution is 2.41. The standard InChI is InChI=1S/C35H48F5NO4S/c1-45-22-9-20-41(21-10-24-46(44)23-8-18-34(36,37)35(38,39)40)19-5-3-2-4-14-33-31(27-11-6-13-29(42)25-27)15-7-12-28-26-30(43)16-17-32(28)33/h6,11,13,16-17,25-26,42-43H,2-5,7-10,12,14-15,18-24H2,1H3. The fourth-order valence-electron chi connectivity index (χ4n) is 6.05. The zero-order valence-electron chi connectivity index (χ0n) is 26.7. The van der Waals surface area contributed by atoms with Gasteiger partial charge in [0.05, 0.1) is 0 Å². The monoisotopic (exact) mass is 673 g/mol. The molecule has 1 unspecified atom stereocenters. The molecule has 11 heteroatoms. The number of aromatic hydroxyl groups is 2. The number of aryl methyl sites for hydroxylation is 1. The molecule has 0 fully saturated rings. The normalized spacial score (nSPS) is 14.9. The SMILES string of the molecule is COCCCN(CCCCCCC1=C(c2cccc(O)c2)CCCc2cc(O)ccc21)CCC[S+]([O-])CCCC(F)(F)C(F)(F)F. The van der Waals surface area contributed by atoms with Crippen LogP contribution < -0.4 is 0 Å². The highest BCUT2D eigenvalue weighted by Gasteiger charge is 2.56. The molecule has 258 valence electrons. The zero-order chi connectivity index (χ0) is 33.6. The Hall–Kier alpha value is -2.34. The van der Waals surface area contributed by atoms with Crippen LogP contribution in [0.5, 0.6) is 11.5 Å².